The minimum atomic E-state index is -0.409. The smallest absolute Gasteiger partial charge is 0.325 e. The number of carbonyl (C=O) groups excluding carboxylic acids is 3. The average Bonchev–Trinajstić information content (AvgIpc) is 2.99. The van der Waals surface area contributed by atoms with Crippen molar-refractivity contribution >= 4 is 35.1 Å². The van der Waals surface area contributed by atoms with Crippen molar-refractivity contribution in [2.45, 2.75) is 64.5 Å². The number of rotatable bonds is 11. The number of aliphatic imine (C=N–C) groups is 1. The average molecular weight is 578 g/mol. The first-order valence-corrected chi connectivity index (χ1v) is 14.8. The number of esters is 1. The molecule has 1 aliphatic heterocycles. The van der Waals surface area contributed by atoms with Gasteiger partial charge in [0.25, 0.3) is 5.91 Å². The molecule has 1 N–H and O–H groups in total. The molecule has 4 rings (SSSR count). The highest BCUT2D eigenvalue weighted by Crippen LogP contribution is 2.30. The van der Waals surface area contributed by atoms with E-state index in [2.05, 4.69) is 10.3 Å². The maximum atomic E-state index is 13.0. The summed E-state index contributed by atoms with van der Waals surface area (Å²) in [5, 5.41) is 2.87. The number of carbonyl (C=O) groups is 3. The maximum absolute atomic E-state index is 13.0. The fourth-order valence-electron chi connectivity index (χ4n) is 5.30. The highest BCUT2D eigenvalue weighted by atomic mass is 16.5. The topological polar surface area (TPSA) is 104 Å². The minimum absolute atomic E-state index is 0.0618. The highest BCUT2D eigenvalue weighted by molar-refractivity contribution is 6.07. The number of hydrogen-bond acceptors (Lipinski definition) is 8. The van der Waals surface area contributed by atoms with Gasteiger partial charge in [-0.15, -0.1) is 0 Å². The summed E-state index contributed by atoms with van der Waals surface area (Å²) in [6.45, 7) is 2.72. The second-order valence-corrected chi connectivity index (χ2v) is 11.0. The molecule has 0 atom stereocenters. The molecule has 2 aromatic rings. The third kappa shape index (κ3) is 8.24. The SMILES string of the molecule is CCOC(=O)CN1Cc2cc(OCCCC(=O)N(C)C3CCCCC3)ccc2N=C1NC(=O)c1ccc(N(C)C)cc1. The van der Waals surface area contributed by atoms with E-state index in [0.29, 0.717) is 49.0 Å². The van der Waals surface area contributed by atoms with Crippen LogP contribution in [-0.2, 0) is 20.9 Å². The lowest BCUT2D eigenvalue weighted by molar-refractivity contribution is -0.143. The second kappa shape index (κ2) is 14.7. The summed E-state index contributed by atoms with van der Waals surface area (Å²) >= 11 is 0. The number of nitrogens with zero attached hydrogens (tertiary/aromatic N) is 4. The zero-order valence-electron chi connectivity index (χ0n) is 25.2. The van der Waals surface area contributed by atoms with Crippen molar-refractivity contribution in [1.82, 2.24) is 15.1 Å². The van der Waals surface area contributed by atoms with Crippen molar-refractivity contribution in [2.24, 2.45) is 4.99 Å². The van der Waals surface area contributed by atoms with Crippen LogP contribution >= 0.6 is 0 Å². The molecule has 0 spiro atoms. The molecule has 42 heavy (non-hydrogen) atoms. The molecule has 0 saturated heterocycles. The van der Waals surface area contributed by atoms with Gasteiger partial charge in [-0.25, -0.2) is 4.99 Å². The largest absolute Gasteiger partial charge is 0.494 e. The summed E-state index contributed by atoms with van der Waals surface area (Å²) in [5.74, 6) is 0.393. The fraction of sp³-hybridized carbons (Fsp3) is 0.500. The van der Waals surface area contributed by atoms with Crippen molar-refractivity contribution < 1.29 is 23.9 Å². The van der Waals surface area contributed by atoms with Crippen molar-refractivity contribution in [2.75, 3.05) is 45.8 Å². The van der Waals surface area contributed by atoms with Crippen LogP contribution in [0.1, 0.15) is 67.8 Å². The van der Waals surface area contributed by atoms with Crippen molar-refractivity contribution in [3.8, 4) is 5.75 Å². The van der Waals surface area contributed by atoms with Gasteiger partial charge in [-0.3, -0.25) is 19.7 Å². The molecule has 1 aliphatic carbocycles. The second-order valence-electron chi connectivity index (χ2n) is 11.0. The fourth-order valence-corrected chi connectivity index (χ4v) is 5.30. The summed E-state index contributed by atoms with van der Waals surface area (Å²) in [4.78, 5) is 48.3. The Balaban J connectivity index is 1.39. The quantitative estimate of drug-likeness (QED) is 0.310. The van der Waals surface area contributed by atoms with Crippen molar-refractivity contribution in [1.29, 1.82) is 0 Å². The van der Waals surface area contributed by atoms with Crippen LogP contribution in [0.2, 0.25) is 0 Å². The van der Waals surface area contributed by atoms with E-state index in [1.807, 2.05) is 61.3 Å². The molecule has 0 bridgehead atoms. The van der Waals surface area contributed by atoms with Crippen LogP contribution in [0.25, 0.3) is 0 Å². The Morgan fingerprint density at radius 3 is 2.45 bits per heavy atom. The van der Waals surface area contributed by atoms with Gasteiger partial charge in [0.1, 0.15) is 12.3 Å². The summed E-state index contributed by atoms with van der Waals surface area (Å²) < 4.78 is 11.1. The number of nitrogens with one attached hydrogen (secondary N) is 1. The maximum Gasteiger partial charge on any atom is 0.325 e. The number of amides is 2. The zero-order chi connectivity index (χ0) is 30.1. The summed E-state index contributed by atoms with van der Waals surface area (Å²) in [6.07, 6.45) is 6.94. The van der Waals surface area contributed by atoms with Crippen LogP contribution in [-0.4, -0.2) is 80.5 Å². The Kier molecular flexibility index (Phi) is 10.8. The molecule has 0 radical (unpaired) electrons. The Labute approximate surface area is 248 Å². The molecule has 2 amide bonds. The van der Waals surface area contributed by atoms with Crippen LogP contribution < -0.4 is 15.0 Å². The molecule has 10 heteroatoms. The van der Waals surface area contributed by atoms with Crippen LogP contribution in [0.3, 0.4) is 0 Å². The number of hydrogen-bond donors (Lipinski definition) is 1. The molecule has 2 aliphatic rings. The Hall–Kier alpha value is -4.08. The third-order valence-electron chi connectivity index (χ3n) is 7.75. The van der Waals surface area contributed by atoms with Gasteiger partial charge in [0, 0.05) is 57.0 Å². The lowest BCUT2D eigenvalue weighted by Crippen LogP contribution is -2.47. The van der Waals surface area contributed by atoms with Gasteiger partial charge in [-0.2, -0.15) is 0 Å². The molecular formula is C32H43N5O5. The Morgan fingerprint density at radius 2 is 1.76 bits per heavy atom. The van der Waals surface area contributed by atoms with Gasteiger partial charge in [0.2, 0.25) is 11.9 Å². The van der Waals surface area contributed by atoms with Gasteiger partial charge in [-0.1, -0.05) is 19.3 Å². The number of ether oxygens (including phenoxy) is 2. The predicted molar refractivity (Wildman–Crippen MR) is 163 cm³/mol. The summed E-state index contributed by atoms with van der Waals surface area (Å²) in [6, 6.07) is 13.2. The van der Waals surface area contributed by atoms with E-state index in [1.54, 1.807) is 24.0 Å². The lowest BCUT2D eigenvalue weighted by Gasteiger charge is -2.31. The van der Waals surface area contributed by atoms with Crippen LogP contribution in [0.5, 0.6) is 5.75 Å². The van der Waals surface area contributed by atoms with E-state index >= 15 is 0 Å². The molecule has 226 valence electrons. The van der Waals surface area contributed by atoms with Crippen LogP contribution in [0, 0.1) is 0 Å². The molecule has 1 saturated carbocycles. The van der Waals surface area contributed by atoms with E-state index in [9.17, 15) is 14.4 Å². The molecule has 0 unspecified atom stereocenters. The van der Waals surface area contributed by atoms with Gasteiger partial charge in [0.05, 0.1) is 18.9 Å². The standard InChI is InChI=1S/C32H43N5O5/c1-5-41-30(39)22-37-21-24-20-27(42-19-9-12-29(38)36(4)26-10-7-6-8-11-26)17-18-28(24)33-32(37)34-31(40)23-13-15-25(16-14-23)35(2)3/h13-18,20,26H,5-12,19,21-22H2,1-4H3,(H,33,34,40). The van der Waals surface area contributed by atoms with E-state index in [-0.39, 0.29) is 30.9 Å². The number of benzene rings is 2. The third-order valence-corrected chi connectivity index (χ3v) is 7.75. The van der Waals surface area contributed by atoms with E-state index in [0.717, 1.165) is 24.1 Å². The first-order valence-electron chi connectivity index (χ1n) is 14.8. The number of anilines is 1. The van der Waals surface area contributed by atoms with Crippen molar-refractivity contribution in [3.63, 3.8) is 0 Å². The molecule has 10 nitrogen and oxygen atoms in total. The van der Waals surface area contributed by atoms with Gasteiger partial charge in [-0.05, 0) is 68.7 Å². The van der Waals surface area contributed by atoms with E-state index in [1.165, 1.54) is 19.3 Å². The monoisotopic (exact) mass is 577 g/mol. The first-order chi connectivity index (χ1) is 20.2. The van der Waals surface area contributed by atoms with Crippen LogP contribution in [0.15, 0.2) is 47.5 Å². The normalized spacial score (nSPS) is 14.9. The molecule has 2 aromatic carbocycles. The lowest BCUT2D eigenvalue weighted by atomic mass is 9.94. The Bertz CT molecular complexity index is 1270. The zero-order valence-corrected chi connectivity index (χ0v) is 25.2. The van der Waals surface area contributed by atoms with Gasteiger partial charge < -0.3 is 24.2 Å². The summed E-state index contributed by atoms with van der Waals surface area (Å²) in [5.41, 5.74) is 3.01. The number of guanidine groups is 1. The molecular weight excluding hydrogens is 534 g/mol. The van der Waals surface area contributed by atoms with Crippen LogP contribution in [0.4, 0.5) is 11.4 Å². The molecule has 1 fully saturated rings. The molecule has 1 heterocycles. The number of fused-ring (bicyclic) bond motifs is 1. The van der Waals surface area contributed by atoms with E-state index < -0.39 is 5.97 Å². The minimum Gasteiger partial charge on any atom is -0.494 e. The highest BCUT2D eigenvalue weighted by Gasteiger charge is 2.25. The predicted octanol–water partition coefficient (Wildman–Crippen LogP) is 4.50. The van der Waals surface area contributed by atoms with Gasteiger partial charge in [0.15, 0.2) is 0 Å². The summed E-state index contributed by atoms with van der Waals surface area (Å²) in [7, 11) is 5.79. The van der Waals surface area contributed by atoms with E-state index in [4.69, 9.17) is 9.47 Å². The Morgan fingerprint density at radius 1 is 1.02 bits per heavy atom. The van der Waals surface area contributed by atoms with Crippen molar-refractivity contribution in [3.05, 3.63) is 53.6 Å². The first kappa shape index (κ1) is 30.9. The molecule has 0 aromatic heterocycles. The van der Waals surface area contributed by atoms with Gasteiger partial charge >= 0.3 is 5.97 Å².